The fraction of sp³-hybridized carbons (Fsp3) is 0.571. The zero-order valence-corrected chi connectivity index (χ0v) is 13.0. The summed E-state index contributed by atoms with van der Waals surface area (Å²) in [5.74, 6) is 1.18. The Morgan fingerprint density at radius 1 is 1.20 bits per heavy atom. The lowest BCUT2D eigenvalue weighted by atomic mass is 10.2. The van der Waals surface area contributed by atoms with Crippen molar-refractivity contribution in [1.82, 2.24) is 0 Å². The maximum absolute atomic E-state index is 11.2. The van der Waals surface area contributed by atoms with Gasteiger partial charge in [0.1, 0.15) is 11.4 Å². The van der Waals surface area contributed by atoms with Crippen LogP contribution < -0.4 is 10.6 Å². The monoisotopic (exact) mass is 297 g/mol. The van der Waals surface area contributed by atoms with E-state index < -0.39 is 0 Å². The number of thioether (sulfide) groups is 1. The Labute approximate surface area is 124 Å². The predicted molar refractivity (Wildman–Crippen MR) is 88.0 cm³/mol. The average Bonchev–Trinajstić information content (AvgIpc) is 2.43. The lowest BCUT2D eigenvalue weighted by molar-refractivity contribution is -0.383. The van der Waals surface area contributed by atoms with Gasteiger partial charge in [-0.05, 0) is 43.9 Å². The third kappa shape index (κ3) is 5.28. The van der Waals surface area contributed by atoms with E-state index in [1.807, 2.05) is 24.8 Å². The van der Waals surface area contributed by atoms with Crippen LogP contribution >= 0.6 is 11.8 Å². The Hall–Kier alpha value is -1.43. The Bertz CT molecular complexity index is 427. The highest BCUT2D eigenvalue weighted by molar-refractivity contribution is 7.98. The largest absolute Gasteiger partial charge is 0.380 e. The summed E-state index contributed by atoms with van der Waals surface area (Å²) in [4.78, 5) is 10.9. The van der Waals surface area contributed by atoms with Gasteiger partial charge >= 0.3 is 5.69 Å². The van der Waals surface area contributed by atoms with E-state index in [4.69, 9.17) is 0 Å². The molecule has 112 valence electrons. The number of benzene rings is 1. The number of unbranched alkanes of at least 4 members (excludes halogenated alkanes) is 2. The van der Waals surface area contributed by atoms with Crippen molar-refractivity contribution in [2.75, 3.05) is 35.7 Å². The maximum Gasteiger partial charge on any atom is 0.315 e. The number of hydrogen-bond acceptors (Lipinski definition) is 5. The minimum atomic E-state index is -0.325. The molecule has 1 rings (SSSR count). The number of anilines is 2. The van der Waals surface area contributed by atoms with Gasteiger partial charge in [0.2, 0.25) is 0 Å². The van der Waals surface area contributed by atoms with Crippen molar-refractivity contribution >= 4 is 28.8 Å². The first kappa shape index (κ1) is 16.6. The normalized spacial score (nSPS) is 10.3. The first-order valence-corrected chi connectivity index (χ1v) is 8.34. The summed E-state index contributed by atoms with van der Waals surface area (Å²) in [5.41, 5.74) is 1.31. The van der Waals surface area contributed by atoms with E-state index in [1.54, 1.807) is 12.1 Å². The van der Waals surface area contributed by atoms with Crippen LogP contribution in [0.15, 0.2) is 18.2 Å². The molecule has 0 amide bonds. The van der Waals surface area contributed by atoms with Gasteiger partial charge in [-0.25, -0.2) is 0 Å². The van der Waals surface area contributed by atoms with Gasteiger partial charge in [-0.2, -0.15) is 11.8 Å². The molecule has 0 bridgehead atoms. The molecule has 5 nitrogen and oxygen atoms in total. The summed E-state index contributed by atoms with van der Waals surface area (Å²) in [7, 11) is 0. The van der Waals surface area contributed by atoms with E-state index in [9.17, 15) is 10.1 Å². The lowest BCUT2D eigenvalue weighted by Crippen LogP contribution is -2.07. The minimum Gasteiger partial charge on any atom is -0.380 e. The Morgan fingerprint density at radius 3 is 2.50 bits per heavy atom. The summed E-state index contributed by atoms with van der Waals surface area (Å²) in [6.07, 6.45) is 5.48. The molecule has 0 saturated heterocycles. The lowest BCUT2D eigenvalue weighted by Gasteiger charge is -2.10. The average molecular weight is 297 g/mol. The van der Waals surface area contributed by atoms with Crippen LogP contribution in [-0.4, -0.2) is 30.0 Å². The molecule has 2 N–H and O–H groups in total. The van der Waals surface area contributed by atoms with Crippen LogP contribution in [-0.2, 0) is 0 Å². The number of hydrogen-bond donors (Lipinski definition) is 2. The first-order chi connectivity index (χ1) is 9.70. The predicted octanol–water partition coefficient (Wildman–Crippen LogP) is 3.97. The van der Waals surface area contributed by atoms with Gasteiger partial charge in [-0.3, -0.25) is 10.1 Å². The van der Waals surface area contributed by atoms with Crippen LogP contribution in [0, 0.1) is 10.1 Å². The summed E-state index contributed by atoms with van der Waals surface area (Å²) in [6.45, 7) is 3.36. The molecular weight excluding hydrogens is 274 g/mol. The fourth-order valence-corrected chi connectivity index (χ4v) is 2.48. The van der Waals surface area contributed by atoms with Gasteiger partial charge in [-0.15, -0.1) is 0 Å². The highest BCUT2D eigenvalue weighted by Gasteiger charge is 2.18. The Kier molecular flexibility index (Phi) is 7.87. The number of nitro benzene ring substituents is 1. The van der Waals surface area contributed by atoms with Crippen molar-refractivity contribution in [3.63, 3.8) is 0 Å². The molecule has 0 aromatic heterocycles. The number of rotatable bonds is 10. The van der Waals surface area contributed by atoms with Crippen LogP contribution in [0.4, 0.5) is 17.1 Å². The van der Waals surface area contributed by atoms with E-state index in [0.717, 1.165) is 19.4 Å². The molecule has 0 fully saturated rings. The molecule has 0 saturated carbocycles. The molecule has 1 aromatic carbocycles. The zero-order valence-electron chi connectivity index (χ0n) is 12.1. The van der Waals surface area contributed by atoms with Gasteiger partial charge in [-0.1, -0.05) is 12.5 Å². The molecule has 0 spiro atoms. The van der Waals surface area contributed by atoms with Crippen molar-refractivity contribution in [2.45, 2.75) is 26.2 Å². The SMILES string of the molecule is CCNc1cccc(NCCCCCSC)c1[N+](=O)[O-]. The van der Waals surface area contributed by atoms with Crippen molar-refractivity contribution in [3.8, 4) is 0 Å². The van der Waals surface area contributed by atoms with Gasteiger partial charge in [0.05, 0.1) is 4.92 Å². The molecule has 0 aliphatic rings. The third-order valence-electron chi connectivity index (χ3n) is 2.93. The standard InChI is InChI=1S/C14H23N3O2S/c1-3-15-12-8-7-9-13(14(12)17(18)19)16-10-5-4-6-11-20-2/h7-9,15-16H,3-6,10-11H2,1-2H3. The number of para-hydroxylation sites is 1. The quantitative estimate of drug-likeness (QED) is 0.388. The number of nitrogens with zero attached hydrogens (tertiary/aromatic N) is 1. The van der Waals surface area contributed by atoms with Crippen molar-refractivity contribution < 1.29 is 4.92 Å². The number of nitro groups is 1. The van der Waals surface area contributed by atoms with E-state index in [0.29, 0.717) is 17.9 Å². The maximum atomic E-state index is 11.2. The second-order valence-electron chi connectivity index (χ2n) is 4.47. The van der Waals surface area contributed by atoms with Gasteiger partial charge in [0.15, 0.2) is 0 Å². The number of nitrogens with one attached hydrogen (secondary N) is 2. The van der Waals surface area contributed by atoms with Gasteiger partial charge < -0.3 is 10.6 Å². The molecule has 0 radical (unpaired) electrons. The highest BCUT2D eigenvalue weighted by Crippen LogP contribution is 2.32. The third-order valence-corrected chi connectivity index (χ3v) is 3.62. The Balaban J connectivity index is 2.60. The van der Waals surface area contributed by atoms with Crippen LogP contribution in [0.25, 0.3) is 0 Å². The summed E-state index contributed by atoms with van der Waals surface area (Å²) >= 11 is 1.85. The molecule has 0 atom stereocenters. The van der Waals surface area contributed by atoms with Crippen molar-refractivity contribution in [1.29, 1.82) is 0 Å². The zero-order chi connectivity index (χ0) is 14.8. The van der Waals surface area contributed by atoms with Crippen LogP contribution in [0.1, 0.15) is 26.2 Å². The summed E-state index contributed by atoms with van der Waals surface area (Å²) in [5, 5.41) is 17.4. The minimum absolute atomic E-state index is 0.137. The van der Waals surface area contributed by atoms with Crippen molar-refractivity contribution in [2.24, 2.45) is 0 Å². The molecule has 20 heavy (non-hydrogen) atoms. The van der Waals surface area contributed by atoms with Crippen LogP contribution in [0.2, 0.25) is 0 Å². The van der Waals surface area contributed by atoms with Crippen LogP contribution in [0.5, 0.6) is 0 Å². The van der Waals surface area contributed by atoms with Gasteiger partial charge in [0, 0.05) is 13.1 Å². The smallest absolute Gasteiger partial charge is 0.315 e. The second kappa shape index (κ2) is 9.47. The molecule has 0 aliphatic carbocycles. The Morgan fingerprint density at radius 2 is 1.90 bits per heavy atom. The molecule has 1 aromatic rings. The second-order valence-corrected chi connectivity index (χ2v) is 5.46. The fourth-order valence-electron chi connectivity index (χ4n) is 1.99. The highest BCUT2D eigenvalue weighted by atomic mass is 32.2. The molecule has 0 unspecified atom stereocenters. The van der Waals surface area contributed by atoms with E-state index in [-0.39, 0.29) is 10.6 Å². The van der Waals surface area contributed by atoms with Crippen LogP contribution in [0.3, 0.4) is 0 Å². The molecule has 0 aliphatic heterocycles. The van der Waals surface area contributed by atoms with Gasteiger partial charge in [0.25, 0.3) is 0 Å². The van der Waals surface area contributed by atoms with E-state index in [1.165, 1.54) is 12.2 Å². The van der Waals surface area contributed by atoms with E-state index >= 15 is 0 Å². The molecular formula is C14H23N3O2S. The first-order valence-electron chi connectivity index (χ1n) is 6.94. The van der Waals surface area contributed by atoms with E-state index in [2.05, 4.69) is 16.9 Å². The summed E-state index contributed by atoms with van der Waals surface area (Å²) in [6, 6.07) is 5.34. The summed E-state index contributed by atoms with van der Waals surface area (Å²) < 4.78 is 0. The van der Waals surface area contributed by atoms with Crippen molar-refractivity contribution in [3.05, 3.63) is 28.3 Å². The topological polar surface area (TPSA) is 67.2 Å². The molecule has 6 heteroatoms. The molecule has 0 heterocycles.